The monoisotopic (exact) mass is 315 g/mol. The summed E-state index contributed by atoms with van der Waals surface area (Å²) >= 11 is 0. The molecule has 0 bridgehead atoms. The lowest BCUT2D eigenvalue weighted by molar-refractivity contribution is -0.146. The van der Waals surface area contributed by atoms with E-state index >= 15 is 0 Å². The number of hydrogen-bond acceptors (Lipinski definition) is 6. The summed E-state index contributed by atoms with van der Waals surface area (Å²) < 4.78 is 4.82. The van der Waals surface area contributed by atoms with Crippen LogP contribution in [0.5, 0.6) is 0 Å². The molecule has 0 aliphatic heterocycles. The van der Waals surface area contributed by atoms with Gasteiger partial charge in [-0.3, -0.25) is 9.78 Å². The molecule has 7 heteroatoms. The maximum absolute atomic E-state index is 11.6. The molecule has 0 atom stereocenters. The SMILES string of the molecule is COC(=O)[C@H]1CC[C@H](Cn2nnc(-c3ccnc(C)c3)n2)CC1. The van der Waals surface area contributed by atoms with Crippen LogP contribution in [0.1, 0.15) is 31.4 Å². The van der Waals surface area contributed by atoms with Crippen molar-refractivity contribution in [3.05, 3.63) is 24.0 Å². The van der Waals surface area contributed by atoms with Gasteiger partial charge >= 0.3 is 5.97 Å². The molecule has 0 N–H and O–H groups in total. The minimum Gasteiger partial charge on any atom is -0.469 e. The third-order valence-corrected chi connectivity index (χ3v) is 4.41. The molecule has 0 aromatic carbocycles. The van der Waals surface area contributed by atoms with Crippen LogP contribution in [0.2, 0.25) is 0 Å². The van der Waals surface area contributed by atoms with E-state index in [4.69, 9.17) is 4.74 Å². The van der Waals surface area contributed by atoms with Crippen LogP contribution in [0.25, 0.3) is 11.4 Å². The Morgan fingerprint density at radius 3 is 2.83 bits per heavy atom. The number of carbonyl (C=O) groups excluding carboxylic acids is 1. The molecule has 0 saturated heterocycles. The van der Waals surface area contributed by atoms with Crippen LogP contribution in [-0.4, -0.2) is 38.3 Å². The van der Waals surface area contributed by atoms with E-state index in [2.05, 4.69) is 20.4 Å². The smallest absolute Gasteiger partial charge is 0.308 e. The van der Waals surface area contributed by atoms with E-state index < -0.39 is 0 Å². The Morgan fingerprint density at radius 2 is 2.13 bits per heavy atom. The Morgan fingerprint density at radius 1 is 1.35 bits per heavy atom. The Bertz CT molecular complexity index is 677. The summed E-state index contributed by atoms with van der Waals surface area (Å²) in [6, 6.07) is 3.83. The number of pyridine rings is 1. The highest BCUT2D eigenvalue weighted by molar-refractivity contribution is 5.72. The molecule has 2 aromatic heterocycles. The van der Waals surface area contributed by atoms with Gasteiger partial charge in [-0.2, -0.15) is 4.80 Å². The first-order valence-corrected chi connectivity index (χ1v) is 7.94. The largest absolute Gasteiger partial charge is 0.469 e. The van der Waals surface area contributed by atoms with Gasteiger partial charge < -0.3 is 4.74 Å². The summed E-state index contributed by atoms with van der Waals surface area (Å²) in [5.74, 6) is 1.07. The Balaban J connectivity index is 1.59. The first kappa shape index (κ1) is 15.6. The fourth-order valence-corrected chi connectivity index (χ4v) is 3.10. The van der Waals surface area contributed by atoms with Crippen LogP contribution in [0.15, 0.2) is 18.3 Å². The molecular formula is C16H21N5O2. The summed E-state index contributed by atoms with van der Waals surface area (Å²) in [5.41, 5.74) is 1.86. The molecule has 2 heterocycles. The molecule has 0 amide bonds. The predicted molar refractivity (Wildman–Crippen MR) is 83.2 cm³/mol. The zero-order chi connectivity index (χ0) is 16.2. The van der Waals surface area contributed by atoms with Gasteiger partial charge in [-0.1, -0.05) is 0 Å². The average molecular weight is 315 g/mol. The van der Waals surface area contributed by atoms with Gasteiger partial charge in [-0.05, 0) is 55.9 Å². The van der Waals surface area contributed by atoms with E-state index in [-0.39, 0.29) is 11.9 Å². The van der Waals surface area contributed by atoms with Crippen molar-refractivity contribution >= 4 is 5.97 Å². The van der Waals surface area contributed by atoms with Gasteiger partial charge in [0.1, 0.15) is 0 Å². The fourth-order valence-electron chi connectivity index (χ4n) is 3.10. The molecule has 1 fully saturated rings. The number of hydrogen-bond donors (Lipinski definition) is 0. The number of rotatable bonds is 4. The Kier molecular flexibility index (Phi) is 4.64. The molecule has 0 spiro atoms. The van der Waals surface area contributed by atoms with E-state index in [0.29, 0.717) is 11.7 Å². The molecule has 7 nitrogen and oxygen atoms in total. The topological polar surface area (TPSA) is 82.8 Å². The van der Waals surface area contributed by atoms with Gasteiger partial charge in [-0.25, -0.2) is 0 Å². The van der Waals surface area contributed by atoms with Crippen LogP contribution in [0.3, 0.4) is 0 Å². The zero-order valence-electron chi connectivity index (χ0n) is 13.5. The molecule has 122 valence electrons. The number of ether oxygens (including phenoxy) is 1. The molecular weight excluding hydrogens is 294 g/mol. The van der Waals surface area contributed by atoms with Crippen molar-refractivity contribution in [2.45, 2.75) is 39.2 Å². The highest BCUT2D eigenvalue weighted by Crippen LogP contribution is 2.30. The molecule has 1 aliphatic rings. The quantitative estimate of drug-likeness (QED) is 0.803. The van der Waals surface area contributed by atoms with Gasteiger partial charge in [0.05, 0.1) is 19.6 Å². The minimum absolute atomic E-state index is 0.0512. The van der Waals surface area contributed by atoms with Crippen molar-refractivity contribution < 1.29 is 9.53 Å². The number of aryl methyl sites for hydroxylation is 1. The summed E-state index contributed by atoms with van der Waals surface area (Å²) in [6.45, 7) is 2.68. The molecule has 0 radical (unpaired) electrons. The van der Waals surface area contributed by atoms with E-state index in [0.717, 1.165) is 43.5 Å². The summed E-state index contributed by atoms with van der Waals surface area (Å²) in [6.07, 6.45) is 5.49. The van der Waals surface area contributed by atoms with E-state index in [9.17, 15) is 4.79 Å². The maximum atomic E-state index is 11.6. The summed E-state index contributed by atoms with van der Waals surface area (Å²) in [7, 11) is 1.45. The third kappa shape index (κ3) is 3.72. The van der Waals surface area contributed by atoms with Gasteiger partial charge in [0.15, 0.2) is 0 Å². The van der Waals surface area contributed by atoms with E-state index in [1.54, 1.807) is 11.0 Å². The highest BCUT2D eigenvalue weighted by atomic mass is 16.5. The Hall–Kier alpha value is -2.31. The van der Waals surface area contributed by atoms with E-state index in [1.807, 2.05) is 19.1 Å². The van der Waals surface area contributed by atoms with Crippen LogP contribution < -0.4 is 0 Å². The predicted octanol–water partition coefficient (Wildman–Crippen LogP) is 2.02. The van der Waals surface area contributed by atoms with Crippen molar-refractivity contribution in [1.29, 1.82) is 0 Å². The van der Waals surface area contributed by atoms with Gasteiger partial charge in [0, 0.05) is 17.5 Å². The number of aromatic nitrogens is 5. The summed E-state index contributed by atoms with van der Waals surface area (Å²) in [5, 5.41) is 12.7. The van der Waals surface area contributed by atoms with Gasteiger partial charge in [-0.15, -0.1) is 10.2 Å². The number of esters is 1. The van der Waals surface area contributed by atoms with Crippen molar-refractivity contribution in [2.75, 3.05) is 7.11 Å². The lowest BCUT2D eigenvalue weighted by Gasteiger charge is -2.26. The van der Waals surface area contributed by atoms with E-state index in [1.165, 1.54) is 7.11 Å². The number of methoxy groups -OCH3 is 1. The standard InChI is InChI=1S/C16H21N5O2/c1-11-9-14(7-8-17-11)15-18-20-21(19-15)10-12-3-5-13(6-4-12)16(22)23-2/h7-9,12-13H,3-6,10H2,1-2H3/t12-,13-. The van der Waals surface area contributed by atoms with Crippen molar-refractivity contribution in [1.82, 2.24) is 25.2 Å². The number of tetrazole rings is 1. The Labute approximate surface area is 135 Å². The van der Waals surface area contributed by atoms with Crippen LogP contribution in [0, 0.1) is 18.8 Å². The lowest BCUT2D eigenvalue weighted by atomic mass is 9.82. The first-order chi connectivity index (χ1) is 11.2. The van der Waals surface area contributed by atoms with Crippen LogP contribution in [0.4, 0.5) is 0 Å². The van der Waals surface area contributed by atoms with Crippen molar-refractivity contribution in [3.63, 3.8) is 0 Å². The second-order valence-electron chi connectivity index (χ2n) is 6.09. The zero-order valence-corrected chi connectivity index (χ0v) is 13.5. The fraction of sp³-hybridized carbons (Fsp3) is 0.562. The maximum Gasteiger partial charge on any atom is 0.308 e. The lowest BCUT2D eigenvalue weighted by Crippen LogP contribution is -2.25. The normalized spacial score (nSPS) is 21.1. The van der Waals surface area contributed by atoms with Crippen molar-refractivity contribution in [3.8, 4) is 11.4 Å². The minimum atomic E-state index is -0.0855. The first-order valence-electron chi connectivity index (χ1n) is 7.94. The molecule has 1 saturated carbocycles. The summed E-state index contributed by atoms with van der Waals surface area (Å²) in [4.78, 5) is 17.4. The third-order valence-electron chi connectivity index (χ3n) is 4.41. The van der Waals surface area contributed by atoms with Gasteiger partial charge in [0.25, 0.3) is 0 Å². The molecule has 0 unspecified atom stereocenters. The molecule has 3 rings (SSSR count). The average Bonchev–Trinajstić information content (AvgIpc) is 3.03. The highest BCUT2D eigenvalue weighted by Gasteiger charge is 2.27. The number of carbonyl (C=O) groups is 1. The molecule has 1 aliphatic carbocycles. The van der Waals surface area contributed by atoms with Gasteiger partial charge in [0.2, 0.25) is 5.82 Å². The van der Waals surface area contributed by atoms with Crippen LogP contribution in [-0.2, 0) is 16.1 Å². The number of nitrogens with zero attached hydrogens (tertiary/aromatic N) is 5. The van der Waals surface area contributed by atoms with Crippen LogP contribution >= 0.6 is 0 Å². The molecule has 23 heavy (non-hydrogen) atoms. The molecule has 2 aromatic rings. The second-order valence-corrected chi connectivity index (χ2v) is 6.09. The van der Waals surface area contributed by atoms with Crippen molar-refractivity contribution in [2.24, 2.45) is 11.8 Å². The second kappa shape index (κ2) is 6.85.